The Hall–Kier alpha value is -0.850. The third-order valence-corrected chi connectivity index (χ3v) is 3.05. The minimum absolute atomic E-state index is 0.149. The van der Waals surface area contributed by atoms with E-state index in [0.29, 0.717) is 0 Å². The summed E-state index contributed by atoms with van der Waals surface area (Å²) >= 11 is 0. The van der Waals surface area contributed by atoms with E-state index in [-0.39, 0.29) is 11.3 Å². The fourth-order valence-electron chi connectivity index (χ4n) is 1.98. The predicted octanol–water partition coefficient (Wildman–Crippen LogP) is 4.93. The highest BCUT2D eigenvalue weighted by Gasteiger charge is 2.24. The SMILES string of the molecule is CC(C)=CCC(C)(CC=C(C)C)CC(C)C=O. The van der Waals surface area contributed by atoms with Crippen molar-refractivity contribution < 1.29 is 4.79 Å². The quantitative estimate of drug-likeness (QED) is 0.452. The van der Waals surface area contributed by atoms with E-state index < -0.39 is 0 Å². The molecule has 0 aromatic heterocycles. The van der Waals surface area contributed by atoms with Gasteiger partial charge in [-0.1, -0.05) is 37.1 Å². The molecule has 0 N–H and O–H groups in total. The van der Waals surface area contributed by atoms with Crippen LogP contribution in [-0.4, -0.2) is 6.29 Å². The first kappa shape index (κ1) is 16.1. The second kappa shape index (κ2) is 7.47. The molecule has 0 aliphatic heterocycles. The van der Waals surface area contributed by atoms with Gasteiger partial charge in [0.05, 0.1) is 0 Å². The average molecular weight is 236 g/mol. The van der Waals surface area contributed by atoms with Gasteiger partial charge in [0, 0.05) is 5.92 Å². The molecule has 1 nitrogen and oxygen atoms in total. The summed E-state index contributed by atoms with van der Waals surface area (Å²) in [6.07, 6.45) is 8.72. The van der Waals surface area contributed by atoms with Crippen LogP contribution in [0.25, 0.3) is 0 Å². The summed E-state index contributed by atoms with van der Waals surface area (Å²) in [4.78, 5) is 10.8. The molecule has 0 bridgehead atoms. The van der Waals surface area contributed by atoms with Crippen molar-refractivity contribution >= 4 is 6.29 Å². The molecule has 0 amide bonds. The second-order valence-corrected chi connectivity index (χ2v) is 6.10. The van der Waals surface area contributed by atoms with E-state index in [4.69, 9.17) is 0 Å². The van der Waals surface area contributed by atoms with Crippen LogP contribution in [0.2, 0.25) is 0 Å². The van der Waals surface area contributed by atoms with Crippen molar-refractivity contribution in [1.29, 1.82) is 0 Å². The van der Waals surface area contributed by atoms with Crippen molar-refractivity contribution in [1.82, 2.24) is 0 Å². The highest BCUT2D eigenvalue weighted by molar-refractivity contribution is 5.52. The summed E-state index contributed by atoms with van der Waals surface area (Å²) < 4.78 is 0. The number of hydrogen-bond acceptors (Lipinski definition) is 1. The monoisotopic (exact) mass is 236 g/mol. The Bertz CT molecular complexity index is 269. The van der Waals surface area contributed by atoms with Gasteiger partial charge in [0.2, 0.25) is 0 Å². The molecule has 0 radical (unpaired) electrons. The van der Waals surface area contributed by atoms with Gasteiger partial charge in [-0.3, -0.25) is 0 Å². The molecule has 0 aromatic carbocycles. The molecule has 0 fully saturated rings. The summed E-state index contributed by atoms with van der Waals surface area (Å²) in [5.74, 6) is 0.149. The molecule has 0 heterocycles. The predicted molar refractivity (Wildman–Crippen MR) is 76.0 cm³/mol. The molecule has 0 saturated heterocycles. The third-order valence-electron chi connectivity index (χ3n) is 3.05. The summed E-state index contributed by atoms with van der Waals surface area (Å²) in [5.41, 5.74) is 2.91. The van der Waals surface area contributed by atoms with Crippen molar-refractivity contribution in [3.05, 3.63) is 23.3 Å². The molecule has 17 heavy (non-hydrogen) atoms. The highest BCUT2D eigenvalue weighted by Crippen LogP contribution is 2.35. The smallest absolute Gasteiger partial charge is 0.122 e. The molecule has 1 unspecified atom stereocenters. The number of aldehydes is 1. The molecule has 1 heteroatoms. The van der Waals surface area contributed by atoms with Gasteiger partial charge in [-0.15, -0.1) is 0 Å². The zero-order valence-electron chi connectivity index (χ0n) is 12.3. The number of carbonyl (C=O) groups is 1. The molecule has 0 aromatic rings. The van der Waals surface area contributed by atoms with Crippen molar-refractivity contribution in [3.8, 4) is 0 Å². The van der Waals surface area contributed by atoms with Gasteiger partial charge in [-0.2, -0.15) is 0 Å². The molecular weight excluding hydrogens is 208 g/mol. The van der Waals surface area contributed by atoms with Gasteiger partial charge in [-0.05, 0) is 52.4 Å². The van der Waals surface area contributed by atoms with Gasteiger partial charge in [0.25, 0.3) is 0 Å². The summed E-state index contributed by atoms with van der Waals surface area (Å²) in [5, 5.41) is 0. The Morgan fingerprint density at radius 3 is 1.76 bits per heavy atom. The van der Waals surface area contributed by atoms with Gasteiger partial charge in [-0.25, -0.2) is 0 Å². The second-order valence-electron chi connectivity index (χ2n) is 6.10. The van der Waals surface area contributed by atoms with Gasteiger partial charge in [0.15, 0.2) is 0 Å². The molecule has 0 aliphatic rings. The topological polar surface area (TPSA) is 17.1 Å². The lowest BCUT2D eigenvalue weighted by Crippen LogP contribution is -2.19. The standard InChI is InChI=1S/C16H28O/c1-13(2)7-9-16(6,10-8-14(3)4)11-15(5)12-17/h7-8,12,15H,9-11H2,1-6H3. The Balaban J connectivity index is 4.73. The largest absolute Gasteiger partial charge is 0.303 e. The fraction of sp³-hybridized carbons (Fsp3) is 0.688. The Labute approximate surface area is 107 Å². The molecule has 0 aliphatic carbocycles. The maximum atomic E-state index is 10.8. The van der Waals surface area contributed by atoms with Crippen LogP contribution in [-0.2, 0) is 4.79 Å². The average Bonchev–Trinajstić information content (AvgIpc) is 2.24. The lowest BCUT2D eigenvalue weighted by atomic mass is 9.75. The number of hydrogen-bond donors (Lipinski definition) is 0. The lowest BCUT2D eigenvalue weighted by molar-refractivity contribution is -0.111. The first-order valence-corrected chi connectivity index (χ1v) is 6.51. The third kappa shape index (κ3) is 7.95. The molecule has 0 spiro atoms. The number of rotatable bonds is 7. The van der Waals surface area contributed by atoms with Crippen LogP contribution in [0.5, 0.6) is 0 Å². The number of allylic oxidation sites excluding steroid dienone is 4. The molecule has 98 valence electrons. The van der Waals surface area contributed by atoms with Crippen LogP contribution in [0.3, 0.4) is 0 Å². The molecule has 1 atom stereocenters. The van der Waals surface area contributed by atoms with Gasteiger partial charge < -0.3 is 4.79 Å². The molecular formula is C16H28O. The maximum absolute atomic E-state index is 10.8. The van der Waals surface area contributed by atoms with E-state index in [1.807, 2.05) is 6.92 Å². The zero-order valence-corrected chi connectivity index (χ0v) is 12.3. The van der Waals surface area contributed by atoms with Crippen LogP contribution in [0.15, 0.2) is 23.3 Å². The van der Waals surface area contributed by atoms with Crippen molar-refractivity contribution in [2.24, 2.45) is 11.3 Å². The van der Waals surface area contributed by atoms with Crippen molar-refractivity contribution in [2.45, 2.75) is 60.8 Å². The van der Waals surface area contributed by atoms with E-state index in [0.717, 1.165) is 25.5 Å². The van der Waals surface area contributed by atoms with Crippen LogP contribution < -0.4 is 0 Å². The normalized spacial score (nSPS) is 12.8. The van der Waals surface area contributed by atoms with E-state index in [1.165, 1.54) is 11.1 Å². The molecule has 0 saturated carbocycles. The van der Waals surface area contributed by atoms with Crippen molar-refractivity contribution in [3.63, 3.8) is 0 Å². The first-order chi connectivity index (χ1) is 7.79. The Morgan fingerprint density at radius 1 is 1.06 bits per heavy atom. The van der Waals surface area contributed by atoms with Gasteiger partial charge >= 0.3 is 0 Å². The van der Waals surface area contributed by atoms with Crippen LogP contribution in [0.1, 0.15) is 60.8 Å². The van der Waals surface area contributed by atoms with E-state index >= 15 is 0 Å². The van der Waals surface area contributed by atoms with E-state index in [2.05, 4.69) is 46.8 Å². The Morgan fingerprint density at radius 2 is 1.47 bits per heavy atom. The lowest BCUT2D eigenvalue weighted by Gasteiger charge is -2.29. The minimum Gasteiger partial charge on any atom is -0.303 e. The highest BCUT2D eigenvalue weighted by atomic mass is 16.1. The van der Waals surface area contributed by atoms with Crippen LogP contribution in [0.4, 0.5) is 0 Å². The van der Waals surface area contributed by atoms with E-state index in [1.54, 1.807) is 0 Å². The van der Waals surface area contributed by atoms with Crippen molar-refractivity contribution in [2.75, 3.05) is 0 Å². The van der Waals surface area contributed by atoms with E-state index in [9.17, 15) is 4.79 Å². The fourth-order valence-corrected chi connectivity index (χ4v) is 1.98. The van der Waals surface area contributed by atoms with Crippen LogP contribution >= 0.6 is 0 Å². The number of carbonyl (C=O) groups excluding carboxylic acids is 1. The Kier molecular flexibility index (Phi) is 7.10. The summed E-state index contributed by atoms with van der Waals surface area (Å²) in [7, 11) is 0. The minimum atomic E-state index is 0.149. The summed E-state index contributed by atoms with van der Waals surface area (Å²) in [6.45, 7) is 12.8. The summed E-state index contributed by atoms with van der Waals surface area (Å²) in [6, 6.07) is 0. The van der Waals surface area contributed by atoms with Gasteiger partial charge in [0.1, 0.15) is 6.29 Å². The molecule has 0 rings (SSSR count). The zero-order chi connectivity index (χ0) is 13.5. The van der Waals surface area contributed by atoms with Crippen LogP contribution in [0, 0.1) is 11.3 Å². The first-order valence-electron chi connectivity index (χ1n) is 6.51. The maximum Gasteiger partial charge on any atom is 0.122 e.